The minimum Gasteiger partial charge on any atom is -0.336 e. The van der Waals surface area contributed by atoms with Gasteiger partial charge in [-0.1, -0.05) is 30.4 Å². The summed E-state index contributed by atoms with van der Waals surface area (Å²) in [5.41, 5.74) is 0. The molecular weight excluding hydrogens is 354 g/mol. The van der Waals surface area contributed by atoms with Gasteiger partial charge in [-0.15, -0.1) is 10.2 Å². The molecule has 9 heteroatoms. The lowest BCUT2D eigenvalue weighted by molar-refractivity contribution is -0.140. The van der Waals surface area contributed by atoms with Crippen LogP contribution in [0.5, 0.6) is 0 Å². The topological polar surface area (TPSA) is 104 Å². The highest BCUT2D eigenvalue weighted by Gasteiger charge is 2.56. The molecule has 4 aliphatic rings. The Morgan fingerprint density at radius 2 is 1.85 bits per heavy atom. The van der Waals surface area contributed by atoms with Gasteiger partial charge in [-0.25, -0.2) is 4.79 Å². The number of hydrogen-bond donors (Lipinski definition) is 2. The molecule has 4 amide bonds. The van der Waals surface area contributed by atoms with Crippen LogP contribution in [0.1, 0.15) is 24.8 Å². The predicted molar refractivity (Wildman–Crippen MR) is 95.4 cm³/mol. The van der Waals surface area contributed by atoms with Crippen molar-refractivity contribution >= 4 is 34.3 Å². The number of amides is 4. The van der Waals surface area contributed by atoms with Crippen molar-refractivity contribution < 1.29 is 14.4 Å². The number of nitrogens with zero attached hydrogens (tertiary/aromatic N) is 3. The third-order valence-electron chi connectivity index (χ3n) is 5.46. The number of carbonyl (C=O) groups is 3. The summed E-state index contributed by atoms with van der Waals surface area (Å²) in [6, 6.07) is -0.415. The average Bonchev–Trinajstić information content (AvgIpc) is 3.21. The summed E-state index contributed by atoms with van der Waals surface area (Å²) in [5, 5.41) is 14.4. The summed E-state index contributed by atoms with van der Waals surface area (Å²) < 4.78 is 0. The summed E-state index contributed by atoms with van der Waals surface area (Å²) in [5.74, 6) is -0.195. The maximum atomic E-state index is 12.7. The minimum absolute atomic E-state index is 0.0852. The van der Waals surface area contributed by atoms with Crippen LogP contribution in [-0.4, -0.2) is 46.0 Å². The highest BCUT2D eigenvalue weighted by atomic mass is 32.1. The number of nitrogens with one attached hydrogen (secondary N) is 2. The Morgan fingerprint density at radius 3 is 2.38 bits per heavy atom. The zero-order valence-corrected chi connectivity index (χ0v) is 15.3. The fourth-order valence-corrected chi connectivity index (χ4v) is 4.90. The molecule has 4 atom stereocenters. The number of hydrogen-bond acceptors (Lipinski definition) is 6. The largest absolute Gasteiger partial charge is 0.336 e. The van der Waals surface area contributed by atoms with Crippen LogP contribution in [0.4, 0.5) is 9.93 Å². The van der Waals surface area contributed by atoms with Gasteiger partial charge in [0.2, 0.25) is 16.9 Å². The second kappa shape index (κ2) is 6.79. The quantitative estimate of drug-likeness (QED) is 0.598. The number of urea groups is 1. The van der Waals surface area contributed by atoms with Gasteiger partial charge < -0.3 is 5.32 Å². The maximum Gasteiger partial charge on any atom is 0.321 e. The summed E-state index contributed by atoms with van der Waals surface area (Å²) in [7, 11) is 0. The Balaban J connectivity index is 1.30. The molecule has 0 radical (unpaired) electrons. The van der Waals surface area contributed by atoms with Gasteiger partial charge >= 0.3 is 6.03 Å². The number of imide groups is 1. The normalized spacial score (nSPS) is 29.2. The van der Waals surface area contributed by atoms with E-state index in [-0.39, 0.29) is 48.6 Å². The molecule has 8 nitrogen and oxygen atoms in total. The van der Waals surface area contributed by atoms with Gasteiger partial charge in [0.1, 0.15) is 5.01 Å². The van der Waals surface area contributed by atoms with Gasteiger partial charge in [-0.3, -0.25) is 19.8 Å². The van der Waals surface area contributed by atoms with Crippen LogP contribution in [0.3, 0.4) is 0 Å². The number of aryl methyl sites for hydroxylation is 1. The van der Waals surface area contributed by atoms with Crippen molar-refractivity contribution in [3.63, 3.8) is 0 Å². The summed E-state index contributed by atoms with van der Waals surface area (Å²) in [6.45, 7) is 2.38. The molecule has 26 heavy (non-hydrogen) atoms. The zero-order chi connectivity index (χ0) is 18.3. The van der Waals surface area contributed by atoms with Crippen molar-refractivity contribution in [2.75, 3.05) is 18.4 Å². The molecule has 2 heterocycles. The molecule has 0 spiro atoms. The maximum absolute atomic E-state index is 12.7. The van der Waals surface area contributed by atoms with Crippen molar-refractivity contribution in [1.82, 2.24) is 20.4 Å². The van der Waals surface area contributed by atoms with E-state index >= 15 is 0 Å². The molecule has 5 rings (SSSR count). The Labute approximate surface area is 155 Å². The van der Waals surface area contributed by atoms with Gasteiger partial charge in [-0.2, -0.15) is 0 Å². The van der Waals surface area contributed by atoms with Crippen LogP contribution >= 0.6 is 11.3 Å². The first-order chi connectivity index (χ1) is 12.6. The van der Waals surface area contributed by atoms with Crippen molar-refractivity contribution in [2.45, 2.75) is 26.2 Å². The molecule has 0 aromatic carbocycles. The van der Waals surface area contributed by atoms with E-state index in [4.69, 9.17) is 0 Å². The van der Waals surface area contributed by atoms with Crippen molar-refractivity contribution in [1.29, 1.82) is 0 Å². The molecule has 1 aromatic heterocycles. The first-order valence-corrected chi connectivity index (χ1v) is 9.81. The summed E-state index contributed by atoms with van der Waals surface area (Å²) in [4.78, 5) is 38.6. The molecular formula is C17H21N5O3S. The lowest BCUT2D eigenvalue weighted by Gasteiger charge is -2.38. The van der Waals surface area contributed by atoms with E-state index < -0.39 is 6.03 Å². The van der Waals surface area contributed by atoms with E-state index in [1.807, 2.05) is 6.92 Å². The van der Waals surface area contributed by atoms with Crippen molar-refractivity contribution in [3.8, 4) is 0 Å². The number of allylic oxidation sites excluding steroid dienone is 2. The van der Waals surface area contributed by atoms with Crippen LogP contribution in [0.15, 0.2) is 12.2 Å². The summed E-state index contributed by atoms with van der Waals surface area (Å²) >= 11 is 1.32. The molecule has 1 saturated heterocycles. The third-order valence-corrected chi connectivity index (χ3v) is 6.44. The van der Waals surface area contributed by atoms with E-state index in [0.717, 1.165) is 24.3 Å². The Bertz CT molecular complexity index is 744. The average molecular weight is 375 g/mol. The van der Waals surface area contributed by atoms with Gasteiger partial charge in [0, 0.05) is 13.1 Å². The van der Waals surface area contributed by atoms with Crippen molar-refractivity contribution in [3.05, 3.63) is 17.2 Å². The van der Waals surface area contributed by atoms with Crippen LogP contribution < -0.4 is 10.6 Å². The van der Waals surface area contributed by atoms with E-state index in [9.17, 15) is 14.4 Å². The van der Waals surface area contributed by atoms with E-state index in [0.29, 0.717) is 5.13 Å². The first kappa shape index (κ1) is 17.1. The standard InChI is InChI=1S/C17H21N5O3S/c1-2-11-20-21-17(26-11)19-16(25)18-7-8-22-14(23)12-9-3-4-10(6-5-9)13(12)15(22)24/h3-4,9-10,12-13H,2,5-8H2,1H3,(H2,18,19,21,25)/t9-,10-,12-,13+/m0/s1. The second-order valence-corrected chi connectivity index (χ2v) is 7.97. The minimum atomic E-state index is -0.415. The second-order valence-electron chi connectivity index (χ2n) is 6.91. The predicted octanol–water partition coefficient (Wildman–Crippen LogP) is 1.42. The van der Waals surface area contributed by atoms with Crippen LogP contribution in [0.2, 0.25) is 0 Å². The zero-order valence-electron chi connectivity index (χ0n) is 14.5. The number of aromatic nitrogens is 2. The van der Waals surface area contributed by atoms with Crippen LogP contribution in [0.25, 0.3) is 0 Å². The molecule has 1 aromatic rings. The molecule has 138 valence electrons. The van der Waals surface area contributed by atoms with Gasteiger partial charge in [-0.05, 0) is 31.1 Å². The molecule has 1 aliphatic heterocycles. The van der Waals surface area contributed by atoms with Gasteiger partial charge in [0.15, 0.2) is 0 Å². The number of likely N-dealkylation sites (tertiary alicyclic amines) is 1. The molecule has 3 aliphatic carbocycles. The third kappa shape index (κ3) is 2.90. The number of fused-ring (bicyclic) bond motifs is 1. The molecule has 2 fully saturated rings. The van der Waals surface area contributed by atoms with Gasteiger partial charge in [0.05, 0.1) is 11.8 Å². The Hall–Kier alpha value is -2.29. The number of anilines is 1. The number of rotatable bonds is 5. The lowest BCUT2D eigenvalue weighted by atomic mass is 9.63. The Morgan fingerprint density at radius 1 is 1.19 bits per heavy atom. The van der Waals surface area contributed by atoms with Crippen LogP contribution in [-0.2, 0) is 16.0 Å². The Kier molecular flexibility index (Phi) is 4.47. The van der Waals surface area contributed by atoms with E-state index in [2.05, 4.69) is 33.0 Å². The fraction of sp³-hybridized carbons (Fsp3) is 0.588. The van der Waals surface area contributed by atoms with Gasteiger partial charge in [0.25, 0.3) is 0 Å². The monoisotopic (exact) mass is 375 g/mol. The fourth-order valence-electron chi connectivity index (χ4n) is 4.23. The van der Waals surface area contributed by atoms with Crippen LogP contribution in [0, 0.1) is 23.7 Å². The number of carbonyl (C=O) groups excluding carboxylic acids is 3. The molecule has 2 bridgehead atoms. The van der Waals surface area contributed by atoms with E-state index in [1.54, 1.807) is 0 Å². The van der Waals surface area contributed by atoms with E-state index in [1.165, 1.54) is 16.2 Å². The molecule has 1 saturated carbocycles. The molecule has 0 unspecified atom stereocenters. The highest BCUT2D eigenvalue weighted by Crippen LogP contribution is 2.49. The first-order valence-electron chi connectivity index (χ1n) is 8.99. The van der Waals surface area contributed by atoms with Crippen molar-refractivity contribution in [2.24, 2.45) is 23.7 Å². The lowest BCUT2D eigenvalue weighted by Crippen LogP contribution is -2.40. The molecule has 2 N–H and O–H groups in total. The smallest absolute Gasteiger partial charge is 0.321 e. The highest BCUT2D eigenvalue weighted by molar-refractivity contribution is 7.15. The SMILES string of the molecule is CCc1nnc(NC(=O)NCCN2C(=O)[C@@H]3[C@H](C2=O)[C@H]2C=C[C@H]3CC2)s1. The summed E-state index contributed by atoms with van der Waals surface area (Å²) in [6.07, 6.45) is 6.93.